The molecule has 1 saturated heterocycles. The summed E-state index contributed by atoms with van der Waals surface area (Å²) in [6.07, 6.45) is 0.652. The highest BCUT2D eigenvalue weighted by Gasteiger charge is 2.49. The number of likely N-dealkylation sites (tertiary alicyclic amines) is 1. The number of hydrazine groups is 1. The molecule has 0 radical (unpaired) electrons. The zero-order valence-electron chi connectivity index (χ0n) is 13.9. The fourth-order valence-electron chi connectivity index (χ4n) is 3.38. The van der Waals surface area contributed by atoms with E-state index in [0.717, 1.165) is 0 Å². The summed E-state index contributed by atoms with van der Waals surface area (Å²) in [5.41, 5.74) is 0.759. The van der Waals surface area contributed by atoms with Crippen LogP contribution in [0, 0.1) is 0 Å². The Hall–Kier alpha value is -1.83. The lowest BCUT2D eigenvalue weighted by atomic mass is 9.77. The fraction of sp³-hybridized carbons (Fsp3) is 0.786. The molecule has 0 bridgehead atoms. The molecule has 8 nitrogen and oxygen atoms in total. The molecule has 0 aliphatic carbocycles. The predicted octanol–water partition coefficient (Wildman–Crippen LogP) is 0.271. The van der Waals surface area contributed by atoms with Crippen LogP contribution in [0.3, 0.4) is 0 Å². The van der Waals surface area contributed by atoms with E-state index in [4.69, 9.17) is 10.6 Å². The van der Waals surface area contributed by atoms with E-state index in [1.54, 1.807) is 17.2 Å². The van der Waals surface area contributed by atoms with Crippen LogP contribution in [-0.4, -0.2) is 46.5 Å². The quantitative estimate of drug-likeness (QED) is 0.293. The highest BCUT2D eigenvalue weighted by molar-refractivity contribution is 6.34. The smallest absolute Gasteiger partial charge is 0.410 e. The van der Waals surface area contributed by atoms with E-state index in [1.165, 1.54) is 0 Å². The second kappa shape index (κ2) is 6.51. The van der Waals surface area contributed by atoms with Crippen molar-refractivity contribution in [2.45, 2.75) is 64.6 Å². The van der Waals surface area contributed by atoms with Crippen molar-refractivity contribution in [3.63, 3.8) is 0 Å². The van der Waals surface area contributed by atoms with Gasteiger partial charge in [-0.05, 0) is 47.5 Å². The SMILES string of the molecule is CCOC(=O)N1C(C)(C)CC(NC(=O)C(=O)NN)CC1(C)C. The first-order chi connectivity index (χ1) is 10.0. The predicted molar refractivity (Wildman–Crippen MR) is 80.5 cm³/mol. The van der Waals surface area contributed by atoms with Crippen molar-refractivity contribution < 1.29 is 19.1 Å². The van der Waals surface area contributed by atoms with Gasteiger partial charge in [-0.25, -0.2) is 10.6 Å². The molecule has 0 saturated carbocycles. The van der Waals surface area contributed by atoms with Gasteiger partial charge in [0.25, 0.3) is 0 Å². The molecule has 1 aliphatic heterocycles. The largest absolute Gasteiger partial charge is 0.450 e. The van der Waals surface area contributed by atoms with Crippen LogP contribution in [0.15, 0.2) is 0 Å². The molecule has 0 aromatic rings. The summed E-state index contributed by atoms with van der Waals surface area (Å²) in [6, 6.07) is -0.236. The highest BCUT2D eigenvalue weighted by Crippen LogP contribution is 2.38. The van der Waals surface area contributed by atoms with Gasteiger partial charge in [-0.2, -0.15) is 0 Å². The summed E-state index contributed by atoms with van der Waals surface area (Å²) in [5.74, 6) is 3.29. The third-order valence-corrected chi connectivity index (χ3v) is 3.83. The Morgan fingerprint density at radius 1 is 1.14 bits per heavy atom. The molecule has 0 unspecified atom stereocenters. The molecular weight excluding hydrogens is 288 g/mol. The maximum absolute atomic E-state index is 12.2. The molecule has 1 heterocycles. The van der Waals surface area contributed by atoms with Gasteiger partial charge in [0.05, 0.1) is 6.61 Å². The van der Waals surface area contributed by atoms with E-state index in [1.807, 2.05) is 27.7 Å². The van der Waals surface area contributed by atoms with E-state index in [9.17, 15) is 14.4 Å². The van der Waals surface area contributed by atoms with Crippen LogP contribution >= 0.6 is 0 Å². The Labute approximate surface area is 130 Å². The lowest BCUT2D eigenvalue weighted by molar-refractivity contribution is -0.140. The summed E-state index contributed by atoms with van der Waals surface area (Å²) in [7, 11) is 0. The molecule has 8 heteroatoms. The third kappa shape index (κ3) is 3.88. The Balaban J connectivity index is 2.91. The van der Waals surface area contributed by atoms with Crippen molar-refractivity contribution in [1.82, 2.24) is 15.6 Å². The first-order valence-corrected chi connectivity index (χ1v) is 7.33. The van der Waals surface area contributed by atoms with Crippen molar-refractivity contribution in [2.75, 3.05) is 6.61 Å². The molecule has 0 aromatic carbocycles. The molecule has 3 amide bonds. The van der Waals surface area contributed by atoms with Crippen LogP contribution in [0.5, 0.6) is 0 Å². The molecule has 0 spiro atoms. The second-order valence-corrected chi connectivity index (χ2v) is 6.71. The summed E-state index contributed by atoms with van der Waals surface area (Å²) >= 11 is 0. The van der Waals surface area contributed by atoms with Gasteiger partial charge < -0.3 is 10.1 Å². The minimum atomic E-state index is -0.886. The van der Waals surface area contributed by atoms with Gasteiger partial charge in [-0.15, -0.1) is 0 Å². The molecule has 0 aromatic heterocycles. The van der Waals surface area contributed by atoms with Crippen molar-refractivity contribution >= 4 is 17.9 Å². The minimum Gasteiger partial charge on any atom is -0.450 e. The Morgan fingerprint density at radius 2 is 1.64 bits per heavy atom. The van der Waals surface area contributed by atoms with E-state index in [-0.39, 0.29) is 12.1 Å². The van der Waals surface area contributed by atoms with E-state index in [0.29, 0.717) is 19.4 Å². The summed E-state index contributed by atoms with van der Waals surface area (Å²) in [4.78, 5) is 36.9. The van der Waals surface area contributed by atoms with Crippen LogP contribution in [-0.2, 0) is 14.3 Å². The van der Waals surface area contributed by atoms with E-state index in [2.05, 4.69) is 5.32 Å². The lowest BCUT2D eigenvalue weighted by Crippen LogP contribution is -2.66. The number of nitrogens with zero attached hydrogens (tertiary/aromatic N) is 1. The number of ether oxygens (including phenoxy) is 1. The molecule has 22 heavy (non-hydrogen) atoms. The number of amides is 3. The average molecular weight is 314 g/mol. The summed E-state index contributed by atoms with van der Waals surface area (Å²) in [6.45, 7) is 9.70. The molecule has 1 aliphatic rings. The van der Waals surface area contributed by atoms with Gasteiger partial charge in [0, 0.05) is 17.1 Å². The number of carbonyl (C=O) groups excluding carboxylic acids is 3. The van der Waals surface area contributed by atoms with E-state index < -0.39 is 22.9 Å². The van der Waals surface area contributed by atoms with Gasteiger partial charge >= 0.3 is 17.9 Å². The van der Waals surface area contributed by atoms with E-state index >= 15 is 0 Å². The maximum atomic E-state index is 12.2. The minimum absolute atomic E-state index is 0.236. The van der Waals surface area contributed by atoms with Crippen LogP contribution in [0.25, 0.3) is 0 Å². The highest BCUT2D eigenvalue weighted by atomic mass is 16.6. The maximum Gasteiger partial charge on any atom is 0.410 e. The molecule has 1 rings (SSSR count). The zero-order chi connectivity index (χ0) is 17.1. The van der Waals surface area contributed by atoms with Crippen molar-refractivity contribution in [3.8, 4) is 0 Å². The van der Waals surface area contributed by atoms with Crippen LogP contribution < -0.4 is 16.6 Å². The molecule has 0 atom stereocenters. The molecule has 4 N–H and O–H groups in total. The normalized spacial score (nSPS) is 20.2. The van der Waals surface area contributed by atoms with Gasteiger partial charge in [0.1, 0.15) is 0 Å². The van der Waals surface area contributed by atoms with Gasteiger partial charge in [-0.3, -0.25) is 19.9 Å². The molecular formula is C14H26N4O4. The standard InChI is InChI=1S/C14H26N4O4/c1-6-22-12(21)18-13(2,3)7-9(8-14(18,4)5)16-10(19)11(20)17-15/h9H,6-8,15H2,1-5H3,(H,16,19)(H,17,20). The van der Waals surface area contributed by atoms with Crippen molar-refractivity contribution in [2.24, 2.45) is 5.84 Å². The molecule has 126 valence electrons. The topological polar surface area (TPSA) is 114 Å². The number of nitrogens with two attached hydrogens (primary N) is 1. The fourth-order valence-corrected chi connectivity index (χ4v) is 3.38. The van der Waals surface area contributed by atoms with Gasteiger partial charge in [0.15, 0.2) is 0 Å². The second-order valence-electron chi connectivity index (χ2n) is 6.71. The van der Waals surface area contributed by atoms with Crippen LogP contribution in [0.4, 0.5) is 4.79 Å². The Kier molecular flexibility index (Phi) is 5.39. The Bertz CT molecular complexity index is 444. The monoisotopic (exact) mass is 314 g/mol. The van der Waals surface area contributed by atoms with Gasteiger partial charge in [0.2, 0.25) is 0 Å². The van der Waals surface area contributed by atoms with Crippen LogP contribution in [0.1, 0.15) is 47.5 Å². The number of hydrogen-bond acceptors (Lipinski definition) is 5. The Morgan fingerprint density at radius 3 is 2.05 bits per heavy atom. The van der Waals surface area contributed by atoms with Crippen LogP contribution in [0.2, 0.25) is 0 Å². The zero-order valence-corrected chi connectivity index (χ0v) is 13.9. The number of piperidine rings is 1. The average Bonchev–Trinajstić information content (AvgIpc) is 2.34. The number of nitrogens with one attached hydrogen (secondary N) is 2. The third-order valence-electron chi connectivity index (χ3n) is 3.83. The number of hydrogen-bond donors (Lipinski definition) is 3. The lowest BCUT2D eigenvalue weighted by Gasteiger charge is -2.54. The first kappa shape index (κ1) is 18.2. The van der Waals surface area contributed by atoms with Crippen molar-refractivity contribution in [1.29, 1.82) is 0 Å². The number of rotatable bonds is 2. The van der Waals surface area contributed by atoms with Crippen molar-refractivity contribution in [3.05, 3.63) is 0 Å². The summed E-state index contributed by atoms with van der Waals surface area (Å²) in [5, 5.41) is 2.66. The molecule has 1 fully saturated rings. The summed E-state index contributed by atoms with van der Waals surface area (Å²) < 4.78 is 5.14. The first-order valence-electron chi connectivity index (χ1n) is 7.33. The van der Waals surface area contributed by atoms with Gasteiger partial charge in [-0.1, -0.05) is 0 Å². The number of carbonyl (C=O) groups is 3.